The van der Waals surface area contributed by atoms with Gasteiger partial charge in [0.1, 0.15) is 23.1 Å². The van der Waals surface area contributed by atoms with Gasteiger partial charge in [-0.05, 0) is 67.8 Å². The number of aliphatic carboxylic acids is 2. The summed E-state index contributed by atoms with van der Waals surface area (Å²) in [6.45, 7) is 1.87. The second-order valence-electron chi connectivity index (χ2n) is 10.3. The van der Waals surface area contributed by atoms with Crippen molar-refractivity contribution in [3.8, 4) is 0 Å². The number of nitrogens with one attached hydrogen (secondary N) is 4. The van der Waals surface area contributed by atoms with Gasteiger partial charge in [-0.3, -0.25) is 14.9 Å². The molecule has 2 aromatic rings. The lowest BCUT2D eigenvalue weighted by Gasteiger charge is -2.27. The summed E-state index contributed by atoms with van der Waals surface area (Å²) in [7, 11) is -3.93. The van der Waals surface area contributed by atoms with Crippen LogP contribution in [0.15, 0.2) is 46.2 Å². The quantitative estimate of drug-likeness (QED) is 0.136. The normalized spacial score (nSPS) is 19.7. The number of carboxylic acids is 2. The van der Waals surface area contributed by atoms with Crippen LogP contribution in [-0.2, 0) is 37.4 Å². The predicted octanol–water partition coefficient (Wildman–Crippen LogP) is 2.85. The molecule has 0 spiro atoms. The highest BCUT2D eigenvalue weighted by Gasteiger charge is 2.36. The van der Waals surface area contributed by atoms with Gasteiger partial charge in [0.15, 0.2) is 0 Å². The molecule has 0 bridgehead atoms. The third kappa shape index (κ3) is 8.32. The molecular formula is C27H33Cl2N5O7S2. The van der Waals surface area contributed by atoms with Crippen LogP contribution in [-0.4, -0.2) is 78.1 Å². The number of hydrogen-bond acceptors (Lipinski definition) is 9. The van der Waals surface area contributed by atoms with Gasteiger partial charge in [0.05, 0.1) is 22.6 Å². The maximum Gasteiger partial charge on any atom is 0.326 e. The molecule has 234 valence electrons. The Morgan fingerprint density at radius 2 is 1.86 bits per heavy atom. The average molecular weight is 675 g/mol. The molecule has 0 saturated carbocycles. The lowest BCUT2D eigenvalue weighted by atomic mass is 10.0. The molecule has 0 aromatic heterocycles. The zero-order chi connectivity index (χ0) is 31.3. The topological polar surface area (TPSA) is 177 Å². The van der Waals surface area contributed by atoms with Gasteiger partial charge < -0.3 is 20.4 Å². The number of likely N-dealkylation sites (tertiary alicyclic amines) is 1. The van der Waals surface area contributed by atoms with Crippen molar-refractivity contribution < 1.29 is 33.0 Å². The largest absolute Gasteiger partial charge is 0.480 e. The number of nitrogens with zero attached hydrogens (tertiary/aromatic N) is 1. The first-order valence-corrected chi connectivity index (χ1v) is 16.8. The van der Waals surface area contributed by atoms with E-state index in [1.165, 1.54) is 29.8 Å². The Balaban J connectivity index is 1.31. The van der Waals surface area contributed by atoms with Gasteiger partial charge >= 0.3 is 11.9 Å². The molecule has 1 fully saturated rings. The van der Waals surface area contributed by atoms with E-state index in [2.05, 4.69) is 20.1 Å². The summed E-state index contributed by atoms with van der Waals surface area (Å²) in [4.78, 5) is 38.0. The Labute approximate surface area is 264 Å². The highest BCUT2D eigenvalue weighted by atomic mass is 35.5. The number of hydrogen-bond donors (Lipinski definition) is 6. The van der Waals surface area contributed by atoms with E-state index in [-0.39, 0.29) is 29.0 Å². The van der Waals surface area contributed by atoms with Gasteiger partial charge in [-0.15, -0.1) is 11.6 Å². The third-order valence-electron chi connectivity index (χ3n) is 7.27. The van der Waals surface area contributed by atoms with E-state index in [1.807, 2.05) is 0 Å². The second kappa shape index (κ2) is 14.5. The number of carbonyl (C=O) groups excluding carboxylic acids is 1. The minimum absolute atomic E-state index is 0.0146. The first kappa shape index (κ1) is 33.3. The Bertz CT molecular complexity index is 1460. The monoisotopic (exact) mass is 673 g/mol. The van der Waals surface area contributed by atoms with Crippen molar-refractivity contribution in [1.82, 2.24) is 19.7 Å². The molecule has 2 aromatic carbocycles. The van der Waals surface area contributed by atoms with Crippen LogP contribution in [0.4, 0.5) is 5.69 Å². The summed E-state index contributed by atoms with van der Waals surface area (Å²) >= 11 is 13.4. The Morgan fingerprint density at radius 1 is 1.16 bits per heavy atom. The van der Waals surface area contributed by atoms with Gasteiger partial charge in [0.25, 0.3) is 0 Å². The van der Waals surface area contributed by atoms with Gasteiger partial charge in [-0.1, -0.05) is 35.9 Å². The van der Waals surface area contributed by atoms with Crippen molar-refractivity contribution in [2.24, 2.45) is 0 Å². The van der Waals surface area contributed by atoms with Crippen LogP contribution in [0.25, 0.3) is 0 Å². The van der Waals surface area contributed by atoms with Crippen LogP contribution < -0.4 is 20.1 Å². The summed E-state index contributed by atoms with van der Waals surface area (Å²) < 4.78 is 31.7. The molecule has 0 radical (unpaired) electrons. The lowest BCUT2D eigenvalue weighted by Crippen LogP contribution is -2.53. The van der Waals surface area contributed by atoms with Gasteiger partial charge in [-0.25, -0.2) is 22.7 Å². The molecule has 2 heterocycles. The standard InChI is InChI=1S/C27H33Cl2N5O7S2/c1-15(25(35)34-10-2-3-21(34)27(38)39)31-19(26(36)37)9-8-16-4-6-17(7-5-16)14-30-43(40,41)23-12-22-20(11-18(23)29)32-24(13-28)33-42-22/h4-7,11-12,15,19,21,24,30-33H,2-3,8-10,13-14H2,1H3,(H,36,37)(H,38,39)/t15-,19-,21-,24?/m0/s1. The third-order valence-corrected chi connectivity index (χ3v) is 10.4. The highest BCUT2D eigenvalue weighted by Crippen LogP contribution is 2.36. The zero-order valence-electron chi connectivity index (χ0n) is 23.2. The van der Waals surface area contributed by atoms with E-state index in [0.717, 1.165) is 5.56 Å². The van der Waals surface area contributed by atoms with Gasteiger partial charge in [-0.2, -0.15) is 0 Å². The van der Waals surface area contributed by atoms with Crippen LogP contribution in [0, 0.1) is 0 Å². The summed E-state index contributed by atoms with van der Waals surface area (Å²) in [5, 5.41) is 25.1. The number of rotatable bonds is 13. The van der Waals surface area contributed by atoms with Crippen molar-refractivity contribution in [3.05, 3.63) is 52.5 Å². The predicted molar refractivity (Wildman–Crippen MR) is 164 cm³/mol. The maximum absolute atomic E-state index is 13.0. The molecule has 43 heavy (non-hydrogen) atoms. The fourth-order valence-corrected chi connectivity index (χ4v) is 7.64. The molecule has 1 amide bonds. The van der Waals surface area contributed by atoms with E-state index in [1.54, 1.807) is 30.3 Å². The molecule has 4 rings (SSSR count). The van der Waals surface area contributed by atoms with Gasteiger partial charge in [0, 0.05) is 18.0 Å². The minimum atomic E-state index is -3.93. The SMILES string of the molecule is C[C@H](N[C@@H](CCc1ccc(CNS(=O)(=O)c2cc3c(cc2Cl)NC(CCl)NS3)cc1)C(=O)O)C(=O)N1CCC[C@H]1C(=O)O. The van der Waals surface area contributed by atoms with Crippen LogP contribution in [0.5, 0.6) is 0 Å². The fraction of sp³-hybridized carbons (Fsp3) is 0.444. The molecule has 2 aliphatic rings. The number of carboxylic acid groups (broad SMARTS) is 2. The van der Waals surface area contributed by atoms with Crippen LogP contribution in [0.1, 0.15) is 37.3 Å². The molecule has 1 unspecified atom stereocenters. The first-order chi connectivity index (χ1) is 20.4. The minimum Gasteiger partial charge on any atom is -0.480 e. The Kier molecular flexibility index (Phi) is 11.2. The number of carbonyl (C=O) groups is 3. The molecule has 12 nitrogen and oxygen atoms in total. The number of benzene rings is 2. The lowest BCUT2D eigenvalue weighted by molar-refractivity contribution is -0.149. The van der Waals surface area contributed by atoms with Crippen molar-refractivity contribution in [2.45, 2.75) is 73.2 Å². The first-order valence-electron chi connectivity index (χ1n) is 13.6. The number of amides is 1. The van der Waals surface area contributed by atoms with Crippen LogP contribution in [0.3, 0.4) is 0 Å². The van der Waals surface area contributed by atoms with E-state index in [9.17, 15) is 33.0 Å². The molecule has 2 aliphatic heterocycles. The second-order valence-corrected chi connectivity index (χ2v) is 13.7. The molecule has 6 N–H and O–H groups in total. The summed E-state index contributed by atoms with van der Waals surface area (Å²) in [5.41, 5.74) is 2.21. The van der Waals surface area contributed by atoms with Crippen LogP contribution in [0.2, 0.25) is 5.02 Å². The van der Waals surface area contributed by atoms with Crippen molar-refractivity contribution >= 4 is 68.7 Å². The van der Waals surface area contributed by atoms with Crippen molar-refractivity contribution in [2.75, 3.05) is 17.7 Å². The summed E-state index contributed by atoms with van der Waals surface area (Å²) in [6, 6.07) is 7.33. The van der Waals surface area contributed by atoms with E-state index >= 15 is 0 Å². The number of alkyl halides is 1. The number of anilines is 1. The Morgan fingerprint density at radius 3 is 2.51 bits per heavy atom. The maximum atomic E-state index is 13.0. The van der Waals surface area contributed by atoms with E-state index in [4.69, 9.17) is 23.2 Å². The zero-order valence-corrected chi connectivity index (χ0v) is 26.3. The Hall–Kier alpha value is -2.59. The summed E-state index contributed by atoms with van der Waals surface area (Å²) in [5.74, 6) is -2.31. The van der Waals surface area contributed by atoms with E-state index in [0.29, 0.717) is 47.8 Å². The average Bonchev–Trinajstić information content (AvgIpc) is 3.48. The number of halogens is 2. The highest BCUT2D eigenvalue weighted by molar-refractivity contribution is 7.97. The van der Waals surface area contributed by atoms with Crippen LogP contribution >= 0.6 is 35.1 Å². The number of aryl methyl sites for hydroxylation is 1. The number of sulfonamides is 1. The van der Waals surface area contributed by atoms with E-state index < -0.39 is 46.0 Å². The molecule has 4 atom stereocenters. The molecular weight excluding hydrogens is 641 g/mol. The molecule has 16 heteroatoms. The van der Waals surface area contributed by atoms with Crippen molar-refractivity contribution in [1.29, 1.82) is 0 Å². The smallest absolute Gasteiger partial charge is 0.326 e. The molecule has 0 aliphatic carbocycles. The summed E-state index contributed by atoms with van der Waals surface area (Å²) in [6.07, 6.45) is 1.35. The van der Waals surface area contributed by atoms with Crippen molar-refractivity contribution in [3.63, 3.8) is 0 Å². The molecule has 1 saturated heterocycles. The fourth-order valence-electron chi connectivity index (χ4n) is 4.94. The van der Waals surface area contributed by atoms with Gasteiger partial charge in [0.2, 0.25) is 15.9 Å². The number of fused-ring (bicyclic) bond motifs is 1.